The van der Waals surface area contributed by atoms with Crippen LogP contribution in [0.3, 0.4) is 0 Å². The number of carbonyl (C=O) groups is 2. The first-order chi connectivity index (χ1) is 9.04. The second kappa shape index (κ2) is 5.87. The Morgan fingerprint density at radius 1 is 1.37 bits per heavy atom. The van der Waals surface area contributed by atoms with Crippen LogP contribution in [-0.2, 0) is 16.0 Å². The van der Waals surface area contributed by atoms with Gasteiger partial charge in [0.25, 0.3) is 0 Å². The Morgan fingerprint density at radius 3 is 2.79 bits per heavy atom. The summed E-state index contributed by atoms with van der Waals surface area (Å²) in [6.45, 7) is 2.00. The smallest absolute Gasteiger partial charge is 0.306 e. The summed E-state index contributed by atoms with van der Waals surface area (Å²) in [5.41, 5.74) is 2.13. The molecule has 102 valence electrons. The van der Waals surface area contributed by atoms with E-state index in [0.717, 1.165) is 17.5 Å². The zero-order chi connectivity index (χ0) is 13.8. The second-order valence-electron chi connectivity index (χ2n) is 5.28. The first kappa shape index (κ1) is 13.6. The molecule has 0 heterocycles. The van der Waals surface area contributed by atoms with Gasteiger partial charge in [-0.1, -0.05) is 29.8 Å². The van der Waals surface area contributed by atoms with Gasteiger partial charge < -0.3 is 10.4 Å². The number of carboxylic acids is 1. The summed E-state index contributed by atoms with van der Waals surface area (Å²) in [7, 11) is 0. The second-order valence-corrected chi connectivity index (χ2v) is 5.28. The van der Waals surface area contributed by atoms with E-state index in [1.165, 1.54) is 0 Å². The van der Waals surface area contributed by atoms with Crippen molar-refractivity contribution in [3.8, 4) is 0 Å². The van der Waals surface area contributed by atoms with Gasteiger partial charge in [-0.05, 0) is 31.7 Å². The largest absolute Gasteiger partial charge is 0.481 e. The fraction of sp³-hybridized carbons (Fsp3) is 0.467. The van der Waals surface area contributed by atoms with E-state index in [9.17, 15) is 9.59 Å². The molecule has 0 saturated heterocycles. The Balaban J connectivity index is 1.84. The van der Waals surface area contributed by atoms with Crippen molar-refractivity contribution in [1.82, 2.24) is 5.32 Å². The molecule has 1 saturated carbocycles. The maximum atomic E-state index is 11.9. The van der Waals surface area contributed by atoms with Crippen molar-refractivity contribution in [2.75, 3.05) is 0 Å². The highest BCUT2D eigenvalue weighted by atomic mass is 16.4. The molecule has 2 atom stereocenters. The number of hydrogen-bond acceptors (Lipinski definition) is 2. The molecule has 0 aromatic heterocycles. The van der Waals surface area contributed by atoms with Crippen LogP contribution >= 0.6 is 0 Å². The highest BCUT2D eigenvalue weighted by Gasteiger charge is 2.30. The predicted octanol–water partition coefficient (Wildman–Crippen LogP) is 1.91. The maximum absolute atomic E-state index is 11.9. The molecule has 4 nitrogen and oxygen atoms in total. The predicted molar refractivity (Wildman–Crippen MR) is 71.8 cm³/mol. The van der Waals surface area contributed by atoms with Crippen molar-refractivity contribution in [1.29, 1.82) is 0 Å². The SMILES string of the molecule is Cc1cccc(CC(=O)N[C@H]2CC[C@@H](C(=O)O)C2)c1. The minimum atomic E-state index is -0.754. The average molecular weight is 261 g/mol. The molecular formula is C15H19NO3. The van der Waals surface area contributed by atoms with Crippen LogP contribution < -0.4 is 5.32 Å². The van der Waals surface area contributed by atoms with Crippen molar-refractivity contribution in [2.24, 2.45) is 5.92 Å². The fourth-order valence-corrected chi connectivity index (χ4v) is 2.62. The van der Waals surface area contributed by atoms with Crippen molar-refractivity contribution >= 4 is 11.9 Å². The Labute approximate surface area is 112 Å². The van der Waals surface area contributed by atoms with Crippen LogP contribution in [0, 0.1) is 12.8 Å². The Kier molecular flexibility index (Phi) is 4.20. The highest BCUT2D eigenvalue weighted by molar-refractivity contribution is 5.79. The number of carbonyl (C=O) groups excluding carboxylic acids is 1. The minimum absolute atomic E-state index is 0.0124. The molecular weight excluding hydrogens is 242 g/mol. The summed E-state index contributed by atoms with van der Waals surface area (Å²) in [4.78, 5) is 22.7. The summed E-state index contributed by atoms with van der Waals surface area (Å²) >= 11 is 0. The van der Waals surface area contributed by atoms with Gasteiger partial charge in [-0.3, -0.25) is 9.59 Å². The Hall–Kier alpha value is -1.84. The zero-order valence-electron chi connectivity index (χ0n) is 11.1. The van der Waals surface area contributed by atoms with Gasteiger partial charge in [0.2, 0.25) is 5.91 Å². The lowest BCUT2D eigenvalue weighted by Crippen LogP contribution is -2.34. The molecule has 0 spiro atoms. The lowest BCUT2D eigenvalue weighted by atomic mass is 10.1. The molecule has 2 rings (SSSR count). The Bertz CT molecular complexity index is 484. The summed E-state index contributed by atoms with van der Waals surface area (Å²) in [6.07, 6.45) is 2.33. The number of hydrogen-bond donors (Lipinski definition) is 2. The molecule has 1 amide bonds. The van der Waals surface area contributed by atoms with Crippen LogP contribution in [0.5, 0.6) is 0 Å². The van der Waals surface area contributed by atoms with E-state index in [4.69, 9.17) is 5.11 Å². The van der Waals surface area contributed by atoms with Gasteiger partial charge in [0.15, 0.2) is 0 Å². The van der Waals surface area contributed by atoms with Crippen molar-refractivity contribution < 1.29 is 14.7 Å². The standard InChI is InChI=1S/C15H19NO3/c1-10-3-2-4-11(7-10)8-14(17)16-13-6-5-12(9-13)15(18)19/h2-4,7,12-13H,5-6,8-9H2,1H3,(H,16,17)(H,18,19)/t12-,13+/m1/s1. The monoisotopic (exact) mass is 261 g/mol. The highest BCUT2D eigenvalue weighted by Crippen LogP contribution is 2.25. The molecule has 0 bridgehead atoms. The first-order valence-electron chi connectivity index (χ1n) is 6.62. The van der Waals surface area contributed by atoms with Crippen molar-refractivity contribution in [2.45, 2.75) is 38.6 Å². The van der Waals surface area contributed by atoms with Crippen LogP contribution in [0.2, 0.25) is 0 Å². The van der Waals surface area contributed by atoms with Crippen molar-refractivity contribution in [3.63, 3.8) is 0 Å². The van der Waals surface area contributed by atoms with E-state index in [-0.39, 0.29) is 17.9 Å². The van der Waals surface area contributed by atoms with Gasteiger partial charge in [0, 0.05) is 6.04 Å². The Morgan fingerprint density at radius 2 is 2.16 bits per heavy atom. The van der Waals surface area contributed by atoms with Crippen molar-refractivity contribution in [3.05, 3.63) is 35.4 Å². The number of benzene rings is 1. The third kappa shape index (κ3) is 3.81. The van der Waals surface area contributed by atoms with E-state index in [2.05, 4.69) is 5.32 Å². The van der Waals surface area contributed by atoms with E-state index in [1.54, 1.807) is 0 Å². The van der Waals surface area contributed by atoms with Crippen LogP contribution in [0.4, 0.5) is 0 Å². The number of carboxylic acid groups (broad SMARTS) is 1. The third-order valence-electron chi connectivity index (χ3n) is 3.59. The summed E-state index contributed by atoms with van der Waals surface area (Å²) in [6, 6.07) is 7.87. The molecule has 0 radical (unpaired) electrons. The summed E-state index contributed by atoms with van der Waals surface area (Å²) < 4.78 is 0. The molecule has 4 heteroatoms. The van der Waals surface area contributed by atoms with E-state index in [1.807, 2.05) is 31.2 Å². The molecule has 1 aliphatic carbocycles. The van der Waals surface area contributed by atoms with Gasteiger partial charge in [0.1, 0.15) is 0 Å². The van der Waals surface area contributed by atoms with Gasteiger partial charge >= 0.3 is 5.97 Å². The van der Waals surface area contributed by atoms with Gasteiger partial charge in [-0.25, -0.2) is 0 Å². The fourth-order valence-electron chi connectivity index (χ4n) is 2.62. The van der Waals surface area contributed by atoms with Crippen LogP contribution in [0.1, 0.15) is 30.4 Å². The van der Waals surface area contributed by atoms with E-state index >= 15 is 0 Å². The molecule has 1 aromatic rings. The molecule has 1 aromatic carbocycles. The van der Waals surface area contributed by atoms with Crippen LogP contribution in [-0.4, -0.2) is 23.0 Å². The molecule has 0 aliphatic heterocycles. The number of aliphatic carboxylic acids is 1. The third-order valence-corrected chi connectivity index (χ3v) is 3.59. The number of rotatable bonds is 4. The molecule has 2 N–H and O–H groups in total. The zero-order valence-corrected chi connectivity index (χ0v) is 11.1. The lowest BCUT2D eigenvalue weighted by molar-refractivity contribution is -0.141. The van der Waals surface area contributed by atoms with E-state index in [0.29, 0.717) is 19.3 Å². The summed E-state index contributed by atoms with van der Waals surface area (Å²) in [5, 5.41) is 11.8. The lowest BCUT2D eigenvalue weighted by Gasteiger charge is -2.12. The van der Waals surface area contributed by atoms with Gasteiger partial charge in [0.05, 0.1) is 12.3 Å². The molecule has 0 unspecified atom stereocenters. The minimum Gasteiger partial charge on any atom is -0.481 e. The maximum Gasteiger partial charge on any atom is 0.306 e. The number of amides is 1. The normalized spacial score (nSPS) is 22.2. The molecule has 1 aliphatic rings. The first-order valence-corrected chi connectivity index (χ1v) is 6.62. The quantitative estimate of drug-likeness (QED) is 0.870. The summed E-state index contributed by atoms with van der Waals surface area (Å²) in [5.74, 6) is -1.08. The molecule has 19 heavy (non-hydrogen) atoms. The topological polar surface area (TPSA) is 66.4 Å². The average Bonchev–Trinajstić information content (AvgIpc) is 2.77. The van der Waals surface area contributed by atoms with Crippen LogP contribution in [0.15, 0.2) is 24.3 Å². The number of aryl methyl sites for hydroxylation is 1. The van der Waals surface area contributed by atoms with Crippen LogP contribution in [0.25, 0.3) is 0 Å². The van der Waals surface area contributed by atoms with Gasteiger partial charge in [-0.15, -0.1) is 0 Å². The van der Waals surface area contributed by atoms with Gasteiger partial charge in [-0.2, -0.15) is 0 Å². The number of nitrogens with one attached hydrogen (secondary N) is 1. The van der Waals surface area contributed by atoms with E-state index < -0.39 is 5.97 Å². The molecule has 1 fully saturated rings.